The number of nitrogens with zero attached hydrogens (tertiary/aromatic N) is 4. The fourth-order valence-electron chi connectivity index (χ4n) is 2.44. The van der Waals surface area contributed by atoms with Gasteiger partial charge in [-0.25, -0.2) is 17.7 Å². The van der Waals surface area contributed by atoms with Gasteiger partial charge in [0.2, 0.25) is 5.96 Å². The molecule has 8 heteroatoms. The normalized spacial score (nSPS) is 16.0. The smallest absolute Gasteiger partial charge is 0.267 e. The first-order valence-corrected chi connectivity index (χ1v) is 8.91. The topological polar surface area (TPSA) is 91.9 Å². The number of nitrogens with two attached hydrogens (primary N) is 1. The molecule has 3 rings (SSSR count). The summed E-state index contributed by atoms with van der Waals surface area (Å²) in [6, 6.07) is 10.5. The van der Waals surface area contributed by atoms with E-state index in [0.29, 0.717) is 13.2 Å². The molecular weight excluding hydrogens is 326 g/mol. The molecule has 0 bridgehead atoms. The quantitative estimate of drug-likeness (QED) is 0.897. The Kier molecular flexibility index (Phi) is 4.50. The molecule has 2 heterocycles. The monoisotopic (exact) mass is 345 g/mol. The number of aryl methyl sites for hydroxylation is 1. The highest BCUT2D eigenvalue weighted by atomic mass is 32.2. The van der Waals surface area contributed by atoms with Gasteiger partial charge >= 0.3 is 0 Å². The Balaban J connectivity index is 1.83. The van der Waals surface area contributed by atoms with Crippen molar-refractivity contribution in [2.75, 3.05) is 13.3 Å². The van der Waals surface area contributed by atoms with E-state index in [-0.39, 0.29) is 17.5 Å². The van der Waals surface area contributed by atoms with E-state index < -0.39 is 10.0 Å². The van der Waals surface area contributed by atoms with Crippen molar-refractivity contribution in [3.8, 4) is 0 Å². The van der Waals surface area contributed by atoms with Crippen LogP contribution in [0.5, 0.6) is 0 Å². The van der Waals surface area contributed by atoms with Crippen LogP contribution >= 0.6 is 0 Å². The maximum Gasteiger partial charge on any atom is 0.267 e. The van der Waals surface area contributed by atoms with Crippen LogP contribution in [0.4, 0.5) is 0 Å². The Morgan fingerprint density at radius 2 is 1.96 bits per heavy atom. The molecule has 0 aliphatic carbocycles. The second-order valence-electron chi connectivity index (χ2n) is 5.66. The molecule has 0 saturated carbocycles. The lowest BCUT2D eigenvalue weighted by atomic mass is 10.2. The number of guanidine groups is 1. The second-order valence-corrected chi connectivity index (χ2v) is 7.52. The molecule has 1 aromatic carbocycles. The SMILES string of the molecule is Cc1ccc(S(=O)(=O)N2CN(Cc3cccnc3)CN=C2N)cc1. The van der Waals surface area contributed by atoms with Gasteiger partial charge in [0.05, 0.1) is 18.2 Å². The van der Waals surface area contributed by atoms with E-state index in [1.165, 1.54) is 0 Å². The maximum atomic E-state index is 12.8. The number of rotatable bonds is 4. The van der Waals surface area contributed by atoms with Gasteiger partial charge in [-0.2, -0.15) is 0 Å². The van der Waals surface area contributed by atoms with E-state index >= 15 is 0 Å². The zero-order chi connectivity index (χ0) is 17.2. The van der Waals surface area contributed by atoms with Crippen LogP contribution < -0.4 is 5.73 Å². The largest absolute Gasteiger partial charge is 0.369 e. The minimum atomic E-state index is -3.73. The predicted molar refractivity (Wildman–Crippen MR) is 91.3 cm³/mol. The molecule has 2 aromatic rings. The summed E-state index contributed by atoms with van der Waals surface area (Å²) in [7, 11) is -3.73. The van der Waals surface area contributed by atoms with Gasteiger partial charge in [-0.05, 0) is 30.7 Å². The molecular formula is C16H19N5O2S. The minimum absolute atomic E-state index is 0.0120. The van der Waals surface area contributed by atoms with Crippen LogP contribution in [0.2, 0.25) is 0 Å². The van der Waals surface area contributed by atoms with Gasteiger partial charge in [0.15, 0.2) is 0 Å². The summed E-state index contributed by atoms with van der Waals surface area (Å²) in [6.07, 6.45) is 3.45. The van der Waals surface area contributed by atoms with E-state index in [2.05, 4.69) is 9.98 Å². The summed E-state index contributed by atoms with van der Waals surface area (Å²) in [4.78, 5) is 10.3. The first kappa shape index (κ1) is 16.4. The fraction of sp³-hybridized carbons (Fsp3) is 0.250. The van der Waals surface area contributed by atoms with Crippen LogP contribution in [-0.2, 0) is 16.6 Å². The third-order valence-corrected chi connectivity index (χ3v) is 5.51. The van der Waals surface area contributed by atoms with Crippen LogP contribution in [0.1, 0.15) is 11.1 Å². The van der Waals surface area contributed by atoms with Crippen molar-refractivity contribution in [3.63, 3.8) is 0 Å². The van der Waals surface area contributed by atoms with Crippen LogP contribution in [0.15, 0.2) is 58.7 Å². The average Bonchev–Trinajstić information content (AvgIpc) is 2.58. The molecule has 0 fully saturated rings. The Morgan fingerprint density at radius 1 is 1.21 bits per heavy atom. The van der Waals surface area contributed by atoms with Crippen molar-refractivity contribution < 1.29 is 8.42 Å². The van der Waals surface area contributed by atoms with Gasteiger partial charge in [0.25, 0.3) is 10.0 Å². The van der Waals surface area contributed by atoms with Gasteiger partial charge < -0.3 is 5.73 Å². The van der Waals surface area contributed by atoms with E-state index in [1.54, 1.807) is 36.7 Å². The highest BCUT2D eigenvalue weighted by molar-refractivity contribution is 7.89. The van der Waals surface area contributed by atoms with Crippen molar-refractivity contribution in [1.82, 2.24) is 14.2 Å². The number of pyridine rings is 1. The molecule has 0 saturated heterocycles. The third-order valence-electron chi connectivity index (χ3n) is 3.75. The number of hydrogen-bond donors (Lipinski definition) is 1. The summed E-state index contributed by atoms with van der Waals surface area (Å²) in [5.74, 6) is 0.0120. The summed E-state index contributed by atoms with van der Waals surface area (Å²) < 4.78 is 26.8. The molecule has 2 N–H and O–H groups in total. The van der Waals surface area contributed by atoms with Gasteiger partial charge in [-0.3, -0.25) is 9.88 Å². The highest BCUT2D eigenvalue weighted by Gasteiger charge is 2.30. The maximum absolute atomic E-state index is 12.8. The van der Waals surface area contributed by atoms with E-state index in [0.717, 1.165) is 15.4 Å². The van der Waals surface area contributed by atoms with E-state index in [4.69, 9.17) is 5.73 Å². The van der Waals surface area contributed by atoms with Crippen LogP contribution in [0, 0.1) is 6.92 Å². The standard InChI is InChI=1S/C16H19N5O2S/c1-13-4-6-15(7-5-13)24(22,23)21-12-20(11-19-16(21)17)10-14-3-2-8-18-9-14/h2-9H,10-12H2,1H3,(H2,17,19). The molecule has 1 aromatic heterocycles. The predicted octanol–water partition coefficient (Wildman–Crippen LogP) is 1.13. The zero-order valence-corrected chi connectivity index (χ0v) is 14.1. The number of aliphatic imine (C=N–C) groups is 1. The van der Waals surface area contributed by atoms with Gasteiger partial charge in [-0.15, -0.1) is 0 Å². The Hall–Kier alpha value is -2.45. The van der Waals surface area contributed by atoms with Gasteiger partial charge in [0.1, 0.15) is 0 Å². The van der Waals surface area contributed by atoms with Crippen LogP contribution in [0.3, 0.4) is 0 Å². The Labute approximate surface area is 141 Å². The van der Waals surface area contributed by atoms with Crippen LogP contribution in [-0.4, -0.2) is 41.9 Å². The lowest BCUT2D eigenvalue weighted by Gasteiger charge is -2.33. The molecule has 0 atom stereocenters. The fourth-order valence-corrected chi connectivity index (χ4v) is 3.79. The zero-order valence-electron chi connectivity index (χ0n) is 13.3. The lowest BCUT2D eigenvalue weighted by Crippen LogP contribution is -2.51. The second kappa shape index (κ2) is 6.58. The molecule has 0 unspecified atom stereocenters. The van der Waals surface area contributed by atoms with Crippen LogP contribution in [0.25, 0.3) is 0 Å². The van der Waals surface area contributed by atoms with Crippen molar-refractivity contribution in [2.24, 2.45) is 10.7 Å². The minimum Gasteiger partial charge on any atom is -0.369 e. The molecule has 1 aliphatic rings. The van der Waals surface area contributed by atoms with Crippen molar-refractivity contribution in [1.29, 1.82) is 0 Å². The first-order chi connectivity index (χ1) is 11.5. The van der Waals surface area contributed by atoms with E-state index in [9.17, 15) is 8.42 Å². The number of aromatic nitrogens is 1. The first-order valence-electron chi connectivity index (χ1n) is 7.47. The Bertz CT molecular complexity index is 835. The van der Waals surface area contributed by atoms with Crippen molar-refractivity contribution in [2.45, 2.75) is 18.4 Å². The summed E-state index contributed by atoms with van der Waals surface area (Å²) in [5.41, 5.74) is 7.83. The third kappa shape index (κ3) is 3.39. The van der Waals surface area contributed by atoms with Crippen molar-refractivity contribution in [3.05, 3.63) is 59.9 Å². The number of sulfonamides is 1. The number of hydrogen-bond acceptors (Lipinski definition) is 6. The lowest BCUT2D eigenvalue weighted by molar-refractivity contribution is 0.209. The molecule has 24 heavy (non-hydrogen) atoms. The summed E-state index contributed by atoms with van der Waals surface area (Å²) in [5, 5.41) is 0. The average molecular weight is 345 g/mol. The molecule has 0 amide bonds. The Morgan fingerprint density at radius 3 is 2.62 bits per heavy atom. The van der Waals surface area contributed by atoms with Gasteiger partial charge in [-0.1, -0.05) is 23.8 Å². The molecule has 126 valence electrons. The summed E-state index contributed by atoms with van der Waals surface area (Å²) >= 11 is 0. The highest BCUT2D eigenvalue weighted by Crippen LogP contribution is 2.19. The molecule has 0 radical (unpaired) electrons. The number of benzene rings is 1. The molecule has 1 aliphatic heterocycles. The molecule has 0 spiro atoms. The van der Waals surface area contributed by atoms with Crippen molar-refractivity contribution >= 4 is 16.0 Å². The van der Waals surface area contributed by atoms with Gasteiger partial charge in [0, 0.05) is 18.9 Å². The summed E-state index contributed by atoms with van der Waals surface area (Å²) in [6.45, 7) is 2.95. The van der Waals surface area contributed by atoms with E-state index in [1.807, 2.05) is 24.0 Å². The molecule has 7 nitrogen and oxygen atoms in total.